The van der Waals surface area contributed by atoms with Gasteiger partial charge in [-0.25, -0.2) is 8.42 Å². The van der Waals surface area contributed by atoms with E-state index in [1.54, 1.807) is 10.4 Å². The summed E-state index contributed by atoms with van der Waals surface area (Å²) < 4.78 is 27.4. The van der Waals surface area contributed by atoms with E-state index in [4.69, 9.17) is 0 Å². The van der Waals surface area contributed by atoms with Crippen LogP contribution in [0.25, 0.3) is 0 Å². The van der Waals surface area contributed by atoms with Gasteiger partial charge >= 0.3 is 0 Å². The van der Waals surface area contributed by atoms with Gasteiger partial charge in [-0.2, -0.15) is 4.31 Å². The SMILES string of the molecule is Cc1ccccc1S(=O)(=O)N1CCC(CCCC2CCNCC2)CC1. The molecule has 4 nitrogen and oxygen atoms in total. The molecule has 0 saturated carbocycles. The van der Waals surface area contributed by atoms with E-state index in [0.29, 0.717) is 23.9 Å². The van der Waals surface area contributed by atoms with Gasteiger partial charge < -0.3 is 5.32 Å². The Labute approximate surface area is 153 Å². The van der Waals surface area contributed by atoms with Crippen molar-refractivity contribution in [3.05, 3.63) is 29.8 Å². The van der Waals surface area contributed by atoms with Gasteiger partial charge in [0.1, 0.15) is 0 Å². The van der Waals surface area contributed by atoms with Crippen LogP contribution in [-0.4, -0.2) is 38.9 Å². The van der Waals surface area contributed by atoms with Gasteiger partial charge in [0.25, 0.3) is 0 Å². The smallest absolute Gasteiger partial charge is 0.243 e. The molecule has 2 aliphatic heterocycles. The Morgan fingerprint density at radius 3 is 2.24 bits per heavy atom. The third kappa shape index (κ3) is 4.83. The first-order valence-electron chi connectivity index (χ1n) is 9.84. The number of nitrogens with zero attached hydrogens (tertiary/aromatic N) is 1. The summed E-state index contributed by atoms with van der Waals surface area (Å²) in [5.41, 5.74) is 0.839. The summed E-state index contributed by atoms with van der Waals surface area (Å²) in [5, 5.41) is 3.43. The van der Waals surface area contributed by atoms with E-state index in [1.807, 2.05) is 25.1 Å². The average molecular weight is 365 g/mol. The van der Waals surface area contributed by atoms with Crippen molar-refractivity contribution in [1.29, 1.82) is 0 Å². The summed E-state index contributed by atoms with van der Waals surface area (Å²) in [5.74, 6) is 1.60. The summed E-state index contributed by atoms with van der Waals surface area (Å²) in [7, 11) is -3.33. The van der Waals surface area contributed by atoms with E-state index in [-0.39, 0.29) is 0 Å². The second-order valence-corrected chi connectivity index (χ2v) is 9.64. The minimum absolute atomic E-state index is 0.472. The van der Waals surface area contributed by atoms with E-state index in [9.17, 15) is 8.42 Å². The van der Waals surface area contributed by atoms with Crippen LogP contribution in [0, 0.1) is 18.8 Å². The third-order valence-corrected chi connectivity index (χ3v) is 8.03. The third-order valence-electron chi connectivity index (χ3n) is 5.97. The van der Waals surface area contributed by atoms with Gasteiger partial charge in [-0.15, -0.1) is 0 Å². The maximum absolute atomic E-state index is 12.9. The van der Waals surface area contributed by atoms with Crippen molar-refractivity contribution in [2.45, 2.75) is 56.8 Å². The van der Waals surface area contributed by atoms with E-state index in [0.717, 1.165) is 24.3 Å². The molecule has 2 saturated heterocycles. The molecular formula is C20H32N2O2S. The van der Waals surface area contributed by atoms with Crippen LogP contribution in [0.2, 0.25) is 0 Å². The van der Waals surface area contributed by atoms with E-state index < -0.39 is 10.0 Å². The lowest BCUT2D eigenvalue weighted by atomic mass is 9.87. The topological polar surface area (TPSA) is 49.4 Å². The number of sulfonamides is 1. The fraction of sp³-hybridized carbons (Fsp3) is 0.700. The molecule has 2 fully saturated rings. The summed E-state index contributed by atoms with van der Waals surface area (Å²) in [6.45, 7) is 5.59. The predicted molar refractivity (Wildman–Crippen MR) is 102 cm³/mol. The van der Waals surface area contributed by atoms with Crippen LogP contribution in [0.1, 0.15) is 50.5 Å². The van der Waals surface area contributed by atoms with Gasteiger partial charge in [0.05, 0.1) is 4.90 Å². The van der Waals surface area contributed by atoms with Crippen LogP contribution in [0.4, 0.5) is 0 Å². The molecule has 0 bridgehead atoms. The molecule has 0 aromatic heterocycles. The minimum Gasteiger partial charge on any atom is -0.317 e. The van der Waals surface area contributed by atoms with Crippen LogP contribution in [0.15, 0.2) is 29.2 Å². The lowest BCUT2D eigenvalue weighted by molar-refractivity contribution is 0.250. The van der Waals surface area contributed by atoms with Crippen molar-refractivity contribution in [2.75, 3.05) is 26.2 Å². The number of hydrogen-bond donors (Lipinski definition) is 1. The fourth-order valence-electron chi connectivity index (χ4n) is 4.29. The summed E-state index contributed by atoms with van der Waals surface area (Å²) in [6, 6.07) is 7.31. The first-order valence-corrected chi connectivity index (χ1v) is 11.3. The molecule has 0 unspecified atom stereocenters. The Morgan fingerprint density at radius 2 is 1.60 bits per heavy atom. The second-order valence-electron chi connectivity index (χ2n) is 7.74. The van der Waals surface area contributed by atoms with Crippen molar-refractivity contribution in [2.24, 2.45) is 11.8 Å². The highest BCUT2D eigenvalue weighted by molar-refractivity contribution is 7.89. The molecule has 3 rings (SSSR count). The van der Waals surface area contributed by atoms with Crippen molar-refractivity contribution < 1.29 is 8.42 Å². The van der Waals surface area contributed by atoms with Gasteiger partial charge in [0.2, 0.25) is 10.0 Å². The Kier molecular flexibility index (Phi) is 6.53. The zero-order valence-electron chi connectivity index (χ0n) is 15.4. The number of benzene rings is 1. The average Bonchev–Trinajstić information content (AvgIpc) is 2.63. The molecular weight excluding hydrogens is 332 g/mol. The summed E-state index contributed by atoms with van der Waals surface area (Å²) >= 11 is 0. The maximum atomic E-state index is 12.9. The van der Waals surface area contributed by atoms with Crippen molar-refractivity contribution >= 4 is 10.0 Å². The molecule has 0 radical (unpaired) electrons. The molecule has 0 amide bonds. The van der Waals surface area contributed by atoms with Crippen molar-refractivity contribution in [3.63, 3.8) is 0 Å². The van der Waals surface area contributed by atoms with Gasteiger partial charge in [-0.1, -0.05) is 37.5 Å². The van der Waals surface area contributed by atoms with Crippen LogP contribution in [0.5, 0.6) is 0 Å². The number of aryl methyl sites for hydroxylation is 1. The van der Waals surface area contributed by atoms with Crippen LogP contribution in [0.3, 0.4) is 0 Å². The number of rotatable bonds is 6. The molecule has 1 aromatic rings. The van der Waals surface area contributed by atoms with Crippen molar-refractivity contribution in [1.82, 2.24) is 9.62 Å². The zero-order chi connectivity index (χ0) is 17.7. The number of piperidine rings is 2. The largest absolute Gasteiger partial charge is 0.317 e. The number of hydrogen-bond acceptors (Lipinski definition) is 3. The maximum Gasteiger partial charge on any atom is 0.243 e. The molecule has 5 heteroatoms. The van der Waals surface area contributed by atoms with Gasteiger partial charge in [0.15, 0.2) is 0 Å². The lowest BCUT2D eigenvalue weighted by Gasteiger charge is -2.32. The molecule has 2 aliphatic rings. The molecule has 1 N–H and O–H groups in total. The Morgan fingerprint density at radius 1 is 1.00 bits per heavy atom. The fourth-order valence-corrected chi connectivity index (χ4v) is 5.98. The summed E-state index contributed by atoms with van der Waals surface area (Å²) in [4.78, 5) is 0.472. The second kappa shape index (κ2) is 8.65. The monoisotopic (exact) mass is 364 g/mol. The first-order chi connectivity index (χ1) is 12.1. The molecule has 1 aromatic carbocycles. The van der Waals surface area contributed by atoms with Gasteiger partial charge in [-0.3, -0.25) is 0 Å². The Bertz CT molecular complexity index is 645. The summed E-state index contributed by atoms with van der Waals surface area (Å²) in [6.07, 6.45) is 8.60. The van der Waals surface area contributed by atoms with Gasteiger partial charge in [0, 0.05) is 13.1 Å². The van der Waals surface area contributed by atoms with E-state index >= 15 is 0 Å². The van der Waals surface area contributed by atoms with Crippen LogP contribution >= 0.6 is 0 Å². The zero-order valence-corrected chi connectivity index (χ0v) is 16.2. The normalized spacial score (nSPS) is 21.5. The molecule has 2 heterocycles. The first kappa shape index (κ1) is 18.9. The minimum atomic E-state index is -3.33. The standard InChI is InChI=1S/C20H32N2O2S/c1-17-5-2-3-8-20(17)25(23,24)22-15-11-19(12-16-22)7-4-6-18-9-13-21-14-10-18/h2-3,5,8,18-19,21H,4,6-7,9-16H2,1H3. The molecule has 0 spiro atoms. The molecule has 0 aliphatic carbocycles. The lowest BCUT2D eigenvalue weighted by Crippen LogP contribution is -2.38. The highest BCUT2D eigenvalue weighted by atomic mass is 32.2. The molecule has 25 heavy (non-hydrogen) atoms. The van der Waals surface area contributed by atoms with E-state index in [2.05, 4.69) is 5.32 Å². The Hall–Kier alpha value is -0.910. The van der Waals surface area contributed by atoms with Crippen LogP contribution in [-0.2, 0) is 10.0 Å². The quantitative estimate of drug-likeness (QED) is 0.839. The van der Waals surface area contributed by atoms with Crippen LogP contribution < -0.4 is 5.32 Å². The highest BCUT2D eigenvalue weighted by Gasteiger charge is 2.30. The van der Waals surface area contributed by atoms with Crippen molar-refractivity contribution in [3.8, 4) is 0 Å². The highest BCUT2D eigenvalue weighted by Crippen LogP contribution is 2.29. The number of nitrogens with one attached hydrogen (secondary N) is 1. The van der Waals surface area contributed by atoms with E-state index in [1.165, 1.54) is 45.2 Å². The molecule has 0 atom stereocenters. The molecule has 140 valence electrons. The van der Waals surface area contributed by atoms with Gasteiger partial charge in [-0.05, 0) is 69.2 Å². The Balaban J connectivity index is 1.46. The predicted octanol–water partition coefficient (Wildman–Crippen LogP) is 3.57.